The minimum Gasteiger partial charge on any atom is -0.399 e. The van der Waals surface area contributed by atoms with Crippen LogP contribution in [0.5, 0.6) is 0 Å². The summed E-state index contributed by atoms with van der Waals surface area (Å²) in [5.41, 5.74) is 6.12. The molecular weight excluding hydrogens is 262 g/mol. The average Bonchev–Trinajstić information content (AvgIpc) is 2.39. The highest BCUT2D eigenvalue weighted by atomic mass is 32.2. The van der Waals surface area contributed by atoms with Gasteiger partial charge in [-0.3, -0.25) is 0 Å². The molecule has 19 heavy (non-hydrogen) atoms. The first kappa shape index (κ1) is 12.9. The fraction of sp³-hybridized carbons (Fsp3) is 0.538. The van der Waals surface area contributed by atoms with Crippen LogP contribution in [0, 0.1) is 5.92 Å². The number of nitrogens with two attached hydrogens (primary N) is 1. The molecule has 3 N–H and O–H groups in total. The molecule has 5 nitrogen and oxygen atoms in total. The lowest BCUT2D eigenvalue weighted by atomic mass is 9.85. The number of fused-ring (bicyclic) bond motifs is 3. The SMILES string of the molecule is Nc1cccc(S(=O)(=O)N[C@H]2CN3CCC2CC3)c1. The molecule has 0 amide bonds. The lowest BCUT2D eigenvalue weighted by Gasteiger charge is -2.44. The van der Waals surface area contributed by atoms with Crippen LogP contribution in [0.15, 0.2) is 29.2 Å². The molecule has 0 aliphatic carbocycles. The van der Waals surface area contributed by atoms with Crippen molar-refractivity contribution in [2.24, 2.45) is 5.92 Å². The zero-order valence-electron chi connectivity index (χ0n) is 10.7. The summed E-state index contributed by atoms with van der Waals surface area (Å²) in [7, 11) is -3.46. The molecule has 3 heterocycles. The first-order valence-electron chi connectivity index (χ1n) is 6.65. The molecule has 3 aliphatic rings. The van der Waals surface area contributed by atoms with Crippen LogP contribution >= 0.6 is 0 Å². The summed E-state index contributed by atoms with van der Waals surface area (Å²) in [6.45, 7) is 3.02. The minimum absolute atomic E-state index is 0.0360. The third kappa shape index (κ3) is 2.61. The Morgan fingerprint density at radius 3 is 2.58 bits per heavy atom. The number of sulfonamides is 1. The molecule has 104 valence electrons. The maximum absolute atomic E-state index is 12.3. The van der Waals surface area contributed by atoms with Gasteiger partial charge >= 0.3 is 0 Å². The summed E-state index contributed by atoms with van der Waals surface area (Å²) < 4.78 is 27.5. The van der Waals surface area contributed by atoms with Crippen molar-refractivity contribution in [3.63, 3.8) is 0 Å². The van der Waals surface area contributed by atoms with Gasteiger partial charge < -0.3 is 10.6 Å². The molecule has 0 aromatic heterocycles. The number of piperidine rings is 3. The van der Waals surface area contributed by atoms with Crippen molar-refractivity contribution in [1.29, 1.82) is 0 Å². The second-order valence-corrected chi connectivity index (χ2v) is 7.15. The van der Waals surface area contributed by atoms with Crippen LogP contribution in [-0.4, -0.2) is 39.0 Å². The summed E-state index contributed by atoms with van der Waals surface area (Å²) in [5.74, 6) is 0.473. The lowest BCUT2D eigenvalue weighted by Crippen LogP contribution is -2.57. The smallest absolute Gasteiger partial charge is 0.240 e. The average molecular weight is 281 g/mol. The first-order valence-corrected chi connectivity index (χ1v) is 8.13. The molecule has 6 heteroatoms. The van der Waals surface area contributed by atoms with Crippen molar-refractivity contribution in [2.75, 3.05) is 25.4 Å². The van der Waals surface area contributed by atoms with E-state index in [0.29, 0.717) is 11.6 Å². The predicted molar refractivity (Wildman–Crippen MR) is 74.1 cm³/mol. The van der Waals surface area contributed by atoms with Gasteiger partial charge in [0.2, 0.25) is 10.0 Å². The van der Waals surface area contributed by atoms with Crippen molar-refractivity contribution in [3.05, 3.63) is 24.3 Å². The van der Waals surface area contributed by atoms with Crippen molar-refractivity contribution < 1.29 is 8.42 Å². The summed E-state index contributed by atoms with van der Waals surface area (Å²) >= 11 is 0. The molecule has 2 bridgehead atoms. The van der Waals surface area contributed by atoms with Crippen molar-refractivity contribution in [2.45, 2.75) is 23.8 Å². The lowest BCUT2D eigenvalue weighted by molar-refractivity contribution is 0.0827. The maximum atomic E-state index is 12.3. The highest BCUT2D eigenvalue weighted by molar-refractivity contribution is 7.89. The highest BCUT2D eigenvalue weighted by Gasteiger charge is 2.36. The molecule has 3 fully saturated rings. The Labute approximate surface area is 113 Å². The van der Waals surface area contributed by atoms with Gasteiger partial charge in [-0.1, -0.05) is 6.07 Å². The molecule has 3 aliphatic heterocycles. The molecule has 0 radical (unpaired) electrons. The number of rotatable bonds is 3. The van der Waals surface area contributed by atoms with Crippen molar-refractivity contribution >= 4 is 15.7 Å². The summed E-state index contributed by atoms with van der Waals surface area (Å²) in [6, 6.07) is 6.48. The van der Waals surface area contributed by atoms with Crippen LogP contribution in [-0.2, 0) is 10.0 Å². The van der Waals surface area contributed by atoms with E-state index in [9.17, 15) is 8.42 Å². The zero-order valence-corrected chi connectivity index (χ0v) is 11.6. The Hall–Kier alpha value is -1.11. The fourth-order valence-corrected chi connectivity index (χ4v) is 4.40. The van der Waals surface area contributed by atoms with Gasteiger partial charge in [0.1, 0.15) is 0 Å². The van der Waals surface area contributed by atoms with Gasteiger partial charge in [-0.05, 0) is 50.0 Å². The minimum atomic E-state index is -3.46. The van der Waals surface area contributed by atoms with Crippen LogP contribution in [0.25, 0.3) is 0 Å². The van der Waals surface area contributed by atoms with Gasteiger partial charge in [-0.2, -0.15) is 0 Å². The van der Waals surface area contributed by atoms with E-state index in [2.05, 4.69) is 9.62 Å². The fourth-order valence-electron chi connectivity index (χ4n) is 3.05. The zero-order chi connectivity index (χ0) is 13.5. The summed E-state index contributed by atoms with van der Waals surface area (Å²) in [4.78, 5) is 2.58. The van der Waals surface area contributed by atoms with Gasteiger partial charge in [0, 0.05) is 18.3 Å². The van der Waals surface area contributed by atoms with Gasteiger partial charge in [-0.25, -0.2) is 13.1 Å². The maximum Gasteiger partial charge on any atom is 0.240 e. The van der Waals surface area contributed by atoms with Crippen LogP contribution in [0.1, 0.15) is 12.8 Å². The number of hydrogen-bond acceptors (Lipinski definition) is 4. The van der Waals surface area contributed by atoms with E-state index in [1.165, 1.54) is 6.07 Å². The van der Waals surface area contributed by atoms with E-state index in [1.807, 2.05) is 0 Å². The molecule has 1 aromatic rings. The van der Waals surface area contributed by atoms with E-state index in [4.69, 9.17) is 5.73 Å². The van der Waals surface area contributed by atoms with E-state index >= 15 is 0 Å². The summed E-state index contributed by atoms with van der Waals surface area (Å²) in [5, 5.41) is 0. The van der Waals surface area contributed by atoms with Crippen molar-refractivity contribution in [1.82, 2.24) is 9.62 Å². The highest BCUT2D eigenvalue weighted by Crippen LogP contribution is 2.28. The summed E-state index contributed by atoms with van der Waals surface area (Å²) in [6.07, 6.45) is 2.17. The molecule has 3 saturated heterocycles. The molecular formula is C13H19N3O2S. The van der Waals surface area contributed by atoms with Crippen LogP contribution in [0.4, 0.5) is 5.69 Å². The van der Waals surface area contributed by atoms with Crippen LogP contribution in [0.3, 0.4) is 0 Å². The number of nitrogens with zero attached hydrogens (tertiary/aromatic N) is 1. The molecule has 4 rings (SSSR count). The molecule has 0 saturated carbocycles. The first-order chi connectivity index (χ1) is 9.04. The number of benzene rings is 1. The van der Waals surface area contributed by atoms with E-state index < -0.39 is 10.0 Å². The van der Waals surface area contributed by atoms with Crippen LogP contribution in [0.2, 0.25) is 0 Å². The monoisotopic (exact) mass is 281 g/mol. The quantitative estimate of drug-likeness (QED) is 0.797. The Kier molecular flexibility index (Phi) is 3.24. The number of hydrogen-bond donors (Lipinski definition) is 2. The van der Waals surface area contributed by atoms with Gasteiger partial charge in [0.25, 0.3) is 0 Å². The topological polar surface area (TPSA) is 75.4 Å². The van der Waals surface area contributed by atoms with E-state index in [-0.39, 0.29) is 10.9 Å². The Morgan fingerprint density at radius 2 is 2.00 bits per heavy atom. The third-order valence-corrected chi connectivity index (χ3v) is 5.62. The van der Waals surface area contributed by atoms with Gasteiger partial charge in [-0.15, -0.1) is 0 Å². The Morgan fingerprint density at radius 1 is 1.26 bits per heavy atom. The third-order valence-electron chi connectivity index (χ3n) is 4.13. The van der Waals surface area contributed by atoms with E-state index in [0.717, 1.165) is 32.5 Å². The molecule has 0 spiro atoms. The number of nitrogen functional groups attached to an aromatic ring is 1. The Balaban J connectivity index is 1.79. The predicted octanol–water partition coefficient (Wildman–Crippen LogP) is 0.641. The second kappa shape index (κ2) is 4.77. The molecule has 1 atom stereocenters. The van der Waals surface area contributed by atoms with E-state index in [1.54, 1.807) is 18.2 Å². The molecule has 1 aromatic carbocycles. The number of nitrogens with one attached hydrogen (secondary N) is 1. The normalized spacial score (nSPS) is 30.4. The second-order valence-electron chi connectivity index (χ2n) is 5.44. The number of anilines is 1. The van der Waals surface area contributed by atoms with Crippen LogP contribution < -0.4 is 10.5 Å². The van der Waals surface area contributed by atoms with Gasteiger partial charge in [0.15, 0.2) is 0 Å². The Bertz CT molecular complexity index is 565. The standard InChI is InChI=1S/C13H19N3O2S/c14-11-2-1-3-12(8-11)19(17,18)15-13-9-16-6-4-10(13)5-7-16/h1-3,8,10,13,15H,4-7,9,14H2/t13-/m0/s1. The van der Waals surface area contributed by atoms with Crippen molar-refractivity contribution in [3.8, 4) is 0 Å². The largest absolute Gasteiger partial charge is 0.399 e. The molecule has 0 unspecified atom stereocenters. The van der Waals surface area contributed by atoms with Gasteiger partial charge in [0.05, 0.1) is 4.90 Å².